The van der Waals surface area contributed by atoms with Gasteiger partial charge in [0, 0.05) is 12.2 Å². The van der Waals surface area contributed by atoms with E-state index in [0.29, 0.717) is 5.56 Å². The lowest BCUT2D eigenvalue weighted by molar-refractivity contribution is -0.143. The highest BCUT2D eigenvalue weighted by molar-refractivity contribution is 7.80. The maximum absolute atomic E-state index is 12.7. The van der Waals surface area contributed by atoms with Crippen molar-refractivity contribution in [3.05, 3.63) is 29.8 Å². The van der Waals surface area contributed by atoms with Crippen LogP contribution in [-0.2, 0) is 25.6 Å². The van der Waals surface area contributed by atoms with Gasteiger partial charge in [0.15, 0.2) is 0 Å². The van der Waals surface area contributed by atoms with E-state index in [1.54, 1.807) is 0 Å². The van der Waals surface area contributed by atoms with Crippen molar-refractivity contribution in [1.82, 2.24) is 16.0 Å². The van der Waals surface area contributed by atoms with Crippen LogP contribution < -0.4 is 21.7 Å². The van der Waals surface area contributed by atoms with Gasteiger partial charge in [-0.1, -0.05) is 12.1 Å². The lowest BCUT2D eigenvalue weighted by Crippen LogP contribution is -2.59. The Morgan fingerprint density at radius 2 is 1.35 bits per heavy atom. The Morgan fingerprint density at radius 1 is 0.871 bits per heavy atom. The van der Waals surface area contributed by atoms with Crippen molar-refractivity contribution in [2.24, 2.45) is 5.73 Å². The molecule has 0 spiro atoms. The minimum absolute atomic E-state index is 0.000216. The summed E-state index contributed by atoms with van der Waals surface area (Å²) in [4.78, 5) is 48.0. The van der Waals surface area contributed by atoms with Gasteiger partial charge in [-0.05, 0) is 17.7 Å². The number of carboxylic acids is 1. The molecule has 1 aromatic carbocycles. The average Bonchev–Trinajstić information content (AvgIpc) is 2.75. The number of aliphatic hydroxyl groups is 2. The number of aliphatic carboxylic acids is 1. The van der Waals surface area contributed by atoms with Crippen molar-refractivity contribution in [1.29, 1.82) is 0 Å². The molecule has 3 amide bonds. The Hall–Kier alpha value is -2.87. The number of thiol groups is 1. The summed E-state index contributed by atoms with van der Waals surface area (Å²) in [5.41, 5.74) is 6.18. The number of phenolic OH excluding ortho intramolecular Hbond substituents is 1. The van der Waals surface area contributed by atoms with Gasteiger partial charge in [0.2, 0.25) is 17.7 Å². The van der Waals surface area contributed by atoms with Crippen LogP contribution in [0.2, 0.25) is 0 Å². The van der Waals surface area contributed by atoms with Gasteiger partial charge in [-0.25, -0.2) is 4.79 Å². The molecule has 0 aliphatic carbocycles. The molecule has 1 rings (SSSR count). The molecular formula is C18H26N4O8S. The fourth-order valence-corrected chi connectivity index (χ4v) is 2.53. The second-order valence-electron chi connectivity index (χ2n) is 6.55. The second-order valence-corrected chi connectivity index (χ2v) is 6.91. The average molecular weight is 458 g/mol. The molecule has 4 atom stereocenters. The fourth-order valence-electron chi connectivity index (χ4n) is 2.36. The summed E-state index contributed by atoms with van der Waals surface area (Å²) in [6, 6.07) is 0.435. The molecule has 4 unspecified atom stereocenters. The summed E-state index contributed by atoms with van der Waals surface area (Å²) in [7, 11) is 0. The number of nitrogens with two attached hydrogens (primary N) is 1. The van der Waals surface area contributed by atoms with Crippen LogP contribution in [0.5, 0.6) is 5.75 Å². The number of aromatic hydroxyl groups is 1. The van der Waals surface area contributed by atoms with Crippen molar-refractivity contribution >= 4 is 36.3 Å². The van der Waals surface area contributed by atoms with Crippen LogP contribution in [0.15, 0.2) is 24.3 Å². The number of benzene rings is 1. The molecule has 13 heteroatoms. The maximum atomic E-state index is 12.7. The van der Waals surface area contributed by atoms with Gasteiger partial charge in [-0.15, -0.1) is 0 Å². The third-order valence-electron chi connectivity index (χ3n) is 4.16. The summed E-state index contributed by atoms with van der Waals surface area (Å²) in [5, 5.41) is 43.4. The number of phenols is 1. The molecule has 1 aromatic rings. The highest BCUT2D eigenvalue weighted by Gasteiger charge is 2.29. The summed E-state index contributed by atoms with van der Waals surface area (Å²) in [6.45, 7) is -1.76. The van der Waals surface area contributed by atoms with Crippen LogP contribution in [0.1, 0.15) is 5.56 Å². The van der Waals surface area contributed by atoms with Gasteiger partial charge < -0.3 is 42.1 Å². The number of hydrogen-bond acceptors (Lipinski definition) is 9. The van der Waals surface area contributed by atoms with Crippen LogP contribution in [0.25, 0.3) is 0 Å². The molecular weight excluding hydrogens is 432 g/mol. The van der Waals surface area contributed by atoms with Gasteiger partial charge in [-0.2, -0.15) is 12.6 Å². The highest BCUT2D eigenvalue weighted by atomic mass is 32.1. The van der Waals surface area contributed by atoms with Crippen molar-refractivity contribution in [3.8, 4) is 5.75 Å². The number of hydrogen-bond donors (Lipinski definition) is 9. The first-order chi connectivity index (χ1) is 14.6. The van der Waals surface area contributed by atoms with E-state index in [1.165, 1.54) is 24.3 Å². The van der Waals surface area contributed by atoms with E-state index in [4.69, 9.17) is 15.9 Å². The van der Waals surface area contributed by atoms with Crippen molar-refractivity contribution in [2.75, 3.05) is 19.0 Å². The third-order valence-corrected chi connectivity index (χ3v) is 4.55. The number of aliphatic hydroxyl groups excluding tert-OH is 2. The predicted molar refractivity (Wildman–Crippen MR) is 111 cm³/mol. The molecule has 0 aliphatic rings. The topological polar surface area (TPSA) is 211 Å². The molecule has 172 valence electrons. The number of carboxylic acid groups (broad SMARTS) is 1. The molecule has 12 nitrogen and oxygen atoms in total. The number of carbonyl (C=O) groups excluding carboxylic acids is 3. The van der Waals surface area contributed by atoms with Gasteiger partial charge in [-0.3, -0.25) is 14.4 Å². The van der Waals surface area contributed by atoms with Gasteiger partial charge in [0.25, 0.3) is 0 Å². The van der Waals surface area contributed by atoms with Crippen molar-refractivity contribution in [2.45, 2.75) is 30.6 Å². The molecule has 0 heterocycles. The summed E-state index contributed by atoms with van der Waals surface area (Å²) in [5.74, 6) is -4.06. The molecule has 31 heavy (non-hydrogen) atoms. The number of nitrogens with one attached hydrogen (secondary N) is 3. The molecule has 9 N–H and O–H groups in total. The Kier molecular flexibility index (Phi) is 10.8. The zero-order valence-electron chi connectivity index (χ0n) is 16.4. The van der Waals surface area contributed by atoms with E-state index in [9.17, 15) is 29.4 Å². The van der Waals surface area contributed by atoms with E-state index in [-0.39, 0.29) is 17.9 Å². The largest absolute Gasteiger partial charge is 0.508 e. The number of carbonyl (C=O) groups is 4. The smallest absolute Gasteiger partial charge is 0.328 e. The monoisotopic (exact) mass is 458 g/mol. The Labute approximate surface area is 183 Å². The van der Waals surface area contributed by atoms with E-state index >= 15 is 0 Å². The summed E-state index contributed by atoms with van der Waals surface area (Å²) < 4.78 is 0. The van der Waals surface area contributed by atoms with E-state index in [1.807, 2.05) is 5.32 Å². The van der Waals surface area contributed by atoms with Gasteiger partial charge in [0.1, 0.15) is 23.9 Å². The first-order valence-electron chi connectivity index (χ1n) is 9.12. The van der Waals surface area contributed by atoms with Crippen LogP contribution in [-0.4, -0.2) is 87.3 Å². The molecule has 0 aliphatic heterocycles. The molecule has 0 saturated heterocycles. The minimum Gasteiger partial charge on any atom is -0.508 e. The van der Waals surface area contributed by atoms with Crippen LogP contribution in [0, 0.1) is 0 Å². The third kappa shape index (κ3) is 8.41. The molecule has 0 saturated carbocycles. The zero-order valence-corrected chi connectivity index (χ0v) is 17.3. The molecule has 0 radical (unpaired) electrons. The van der Waals surface area contributed by atoms with Crippen LogP contribution >= 0.6 is 12.6 Å². The highest BCUT2D eigenvalue weighted by Crippen LogP contribution is 2.12. The standard InChI is InChI=1S/C18H26N4O8S/c19-11(8-31)15(26)20-12(5-9-1-3-10(25)4-2-9)16(27)21-13(6-23)17(28)22-14(7-24)18(29)30/h1-4,11-14,23-25,31H,5-8,19H2,(H,20,26)(H,21,27)(H,22,28)(H,29,30). The predicted octanol–water partition coefficient (Wildman–Crippen LogP) is -3.28. The molecule has 0 aromatic heterocycles. The van der Waals surface area contributed by atoms with E-state index in [2.05, 4.69) is 23.3 Å². The fraction of sp³-hybridized carbons (Fsp3) is 0.444. The van der Waals surface area contributed by atoms with E-state index < -0.39 is 61.1 Å². The lowest BCUT2D eigenvalue weighted by Gasteiger charge is -2.24. The maximum Gasteiger partial charge on any atom is 0.328 e. The zero-order chi connectivity index (χ0) is 23.6. The quantitative estimate of drug-likeness (QED) is 0.143. The Balaban J connectivity index is 2.97. The van der Waals surface area contributed by atoms with Gasteiger partial charge in [0.05, 0.1) is 19.3 Å². The second kappa shape index (κ2) is 12.7. The van der Waals surface area contributed by atoms with Crippen molar-refractivity contribution in [3.63, 3.8) is 0 Å². The Morgan fingerprint density at radius 3 is 1.84 bits per heavy atom. The first kappa shape index (κ1) is 26.2. The first-order valence-corrected chi connectivity index (χ1v) is 9.76. The molecule has 0 fully saturated rings. The van der Waals surface area contributed by atoms with Crippen LogP contribution in [0.3, 0.4) is 0 Å². The van der Waals surface area contributed by atoms with Gasteiger partial charge >= 0.3 is 5.97 Å². The van der Waals surface area contributed by atoms with Crippen molar-refractivity contribution < 1.29 is 39.6 Å². The SMILES string of the molecule is NC(CS)C(=O)NC(Cc1ccc(O)cc1)C(=O)NC(CO)C(=O)NC(CO)C(=O)O. The number of amides is 3. The molecule has 0 bridgehead atoms. The summed E-state index contributed by atoms with van der Waals surface area (Å²) in [6.07, 6.45) is -0.0364. The normalized spacial score (nSPS) is 14.6. The lowest BCUT2D eigenvalue weighted by atomic mass is 10.0. The minimum atomic E-state index is -1.63. The van der Waals surface area contributed by atoms with E-state index in [0.717, 1.165) is 0 Å². The van der Waals surface area contributed by atoms with Crippen LogP contribution in [0.4, 0.5) is 0 Å². The summed E-state index contributed by atoms with van der Waals surface area (Å²) >= 11 is 3.93. The Bertz CT molecular complexity index is 776. The number of rotatable bonds is 12.